The van der Waals surface area contributed by atoms with Crippen molar-refractivity contribution >= 4 is 17.6 Å². The van der Waals surface area contributed by atoms with Crippen molar-refractivity contribution < 1.29 is 22.8 Å². The van der Waals surface area contributed by atoms with Gasteiger partial charge in [0.05, 0.1) is 17.6 Å². The number of aromatic nitrogens is 4. The quantitative estimate of drug-likeness (QED) is 0.332. The number of halogens is 3. The fourth-order valence-electron chi connectivity index (χ4n) is 4.53. The molecule has 1 aliphatic carbocycles. The molecule has 0 unspecified atom stereocenters. The lowest BCUT2D eigenvalue weighted by Gasteiger charge is -2.22. The Morgan fingerprint density at radius 2 is 1.67 bits per heavy atom. The molecule has 1 aliphatic rings. The molecule has 1 aromatic carbocycles. The molecule has 200 valence electrons. The smallest absolute Gasteiger partial charge is 0.349 e. The van der Waals surface area contributed by atoms with E-state index in [1.165, 1.54) is 43.2 Å². The summed E-state index contributed by atoms with van der Waals surface area (Å²) < 4.78 is 42.0. The van der Waals surface area contributed by atoms with Crippen LogP contribution in [-0.4, -0.2) is 37.6 Å². The van der Waals surface area contributed by atoms with Crippen LogP contribution >= 0.6 is 0 Å². The summed E-state index contributed by atoms with van der Waals surface area (Å²) in [7, 11) is 0. The summed E-state index contributed by atoms with van der Waals surface area (Å²) in [6.45, 7) is 0. The fraction of sp³-hybridized carbons (Fsp3) is 0.250. The number of carbonyl (C=O) groups excluding carboxylic acids is 2. The van der Waals surface area contributed by atoms with Gasteiger partial charge in [-0.15, -0.1) is 0 Å². The van der Waals surface area contributed by atoms with Gasteiger partial charge in [0, 0.05) is 35.1 Å². The summed E-state index contributed by atoms with van der Waals surface area (Å²) >= 11 is 0. The number of nitrogens with one attached hydrogen (secondary N) is 2. The molecule has 4 aromatic rings. The Balaban J connectivity index is 1.31. The second-order valence-electron chi connectivity index (χ2n) is 9.31. The standard InChI is InChI=1S/C28H25F3N6O2/c29-28(30,31)24-15-23(20-8-5-13-32-16-20)36-37(24)22-11-12-25(33-17-22)35-27(39)19-7-4-6-18(14-19)26(38)34-21-9-2-1-3-10-21/h4-8,11-17,21H,1-3,9-10H2,(H,34,38)(H,33,35,39). The minimum Gasteiger partial charge on any atom is -0.349 e. The van der Waals surface area contributed by atoms with Gasteiger partial charge in [0.15, 0.2) is 0 Å². The van der Waals surface area contributed by atoms with Crippen molar-refractivity contribution in [3.8, 4) is 16.9 Å². The lowest BCUT2D eigenvalue weighted by molar-refractivity contribution is -0.142. The van der Waals surface area contributed by atoms with Gasteiger partial charge in [0.2, 0.25) is 0 Å². The summed E-state index contributed by atoms with van der Waals surface area (Å²) in [5.41, 5.74) is 0.276. The molecule has 39 heavy (non-hydrogen) atoms. The first-order chi connectivity index (χ1) is 18.8. The van der Waals surface area contributed by atoms with E-state index >= 15 is 0 Å². The Hall–Kier alpha value is -4.54. The van der Waals surface area contributed by atoms with E-state index in [0.29, 0.717) is 11.1 Å². The van der Waals surface area contributed by atoms with E-state index in [4.69, 9.17) is 0 Å². The molecule has 0 atom stereocenters. The minimum atomic E-state index is -4.66. The van der Waals surface area contributed by atoms with Gasteiger partial charge in [-0.1, -0.05) is 25.3 Å². The Bertz CT molecular complexity index is 1460. The molecule has 8 nitrogen and oxygen atoms in total. The Kier molecular flexibility index (Phi) is 7.40. The van der Waals surface area contributed by atoms with Crippen LogP contribution in [0.15, 0.2) is 73.2 Å². The number of benzene rings is 1. The average Bonchev–Trinajstić information content (AvgIpc) is 3.41. The number of amides is 2. The first-order valence-electron chi connectivity index (χ1n) is 12.5. The molecule has 1 saturated carbocycles. The predicted octanol–water partition coefficient (Wildman–Crippen LogP) is 5.66. The average molecular weight is 535 g/mol. The molecule has 2 N–H and O–H groups in total. The van der Waals surface area contributed by atoms with E-state index in [9.17, 15) is 22.8 Å². The Morgan fingerprint density at radius 3 is 2.33 bits per heavy atom. The molecular formula is C28H25F3N6O2. The molecule has 0 saturated heterocycles. The van der Waals surface area contributed by atoms with Crippen LogP contribution in [0.5, 0.6) is 0 Å². The largest absolute Gasteiger partial charge is 0.433 e. The first kappa shape index (κ1) is 26.1. The van der Waals surface area contributed by atoms with E-state index in [2.05, 4.69) is 25.7 Å². The number of hydrogen-bond donors (Lipinski definition) is 2. The zero-order valence-corrected chi connectivity index (χ0v) is 20.8. The highest BCUT2D eigenvalue weighted by Crippen LogP contribution is 2.34. The first-order valence-corrected chi connectivity index (χ1v) is 12.5. The van der Waals surface area contributed by atoms with Crippen LogP contribution in [0.3, 0.4) is 0 Å². The molecule has 0 aliphatic heterocycles. The lowest BCUT2D eigenvalue weighted by atomic mass is 9.95. The third-order valence-electron chi connectivity index (χ3n) is 6.52. The minimum absolute atomic E-state index is 0.0665. The van der Waals surface area contributed by atoms with E-state index in [-0.39, 0.29) is 34.7 Å². The SMILES string of the molecule is O=C(Nc1ccc(-n2nc(-c3cccnc3)cc2C(F)(F)F)cn1)c1cccc(C(=O)NC2CCCCC2)c1. The van der Waals surface area contributed by atoms with Gasteiger partial charge in [-0.2, -0.15) is 18.3 Å². The number of carbonyl (C=O) groups is 2. The molecule has 0 radical (unpaired) electrons. The van der Waals surface area contributed by atoms with Gasteiger partial charge in [-0.05, 0) is 61.4 Å². The third kappa shape index (κ3) is 6.14. The molecular weight excluding hydrogens is 509 g/mol. The van der Waals surface area contributed by atoms with Crippen molar-refractivity contribution in [1.29, 1.82) is 0 Å². The summed E-state index contributed by atoms with van der Waals surface area (Å²) in [5, 5.41) is 9.76. The van der Waals surface area contributed by atoms with Crippen molar-refractivity contribution in [2.24, 2.45) is 0 Å². The van der Waals surface area contributed by atoms with Crippen LogP contribution in [0.2, 0.25) is 0 Å². The van der Waals surface area contributed by atoms with Gasteiger partial charge in [-0.25, -0.2) is 9.67 Å². The predicted molar refractivity (Wildman–Crippen MR) is 138 cm³/mol. The van der Waals surface area contributed by atoms with Crippen LogP contribution in [0, 0.1) is 0 Å². The normalized spacial score (nSPS) is 14.1. The van der Waals surface area contributed by atoms with E-state index in [1.807, 2.05) is 0 Å². The van der Waals surface area contributed by atoms with Crippen LogP contribution in [0.1, 0.15) is 58.5 Å². The Morgan fingerprint density at radius 1 is 0.897 bits per heavy atom. The number of nitrogens with zero attached hydrogens (tertiary/aromatic N) is 4. The van der Waals surface area contributed by atoms with Crippen LogP contribution in [-0.2, 0) is 6.18 Å². The number of alkyl halides is 3. The van der Waals surface area contributed by atoms with Gasteiger partial charge >= 0.3 is 6.18 Å². The van der Waals surface area contributed by atoms with Crippen molar-refractivity contribution in [3.05, 3.63) is 90.0 Å². The maximum absolute atomic E-state index is 13.7. The van der Waals surface area contributed by atoms with Gasteiger partial charge in [-0.3, -0.25) is 14.6 Å². The molecule has 0 spiro atoms. The lowest BCUT2D eigenvalue weighted by Crippen LogP contribution is -2.36. The zero-order chi connectivity index (χ0) is 27.4. The van der Waals surface area contributed by atoms with Gasteiger partial charge < -0.3 is 10.6 Å². The van der Waals surface area contributed by atoms with Gasteiger partial charge in [0.1, 0.15) is 11.5 Å². The molecule has 11 heteroatoms. The molecule has 5 rings (SSSR count). The molecule has 3 aromatic heterocycles. The van der Waals surface area contributed by atoms with E-state index in [0.717, 1.165) is 36.4 Å². The highest BCUT2D eigenvalue weighted by atomic mass is 19.4. The summed E-state index contributed by atoms with van der Waals surface area (Å²) in [5.74, 6) is -0.602. The van der Waals surface area contributed by atoms with Crippen LogP contribution in [0.25, 0.3) is 16.9 Å². The molecule has 3 heterocycles. The number of anilines is 1. The number of pyridine rings is 2. The second-order valence-corrected chi connectivity index (χ2v) is 9.31. The third-order valence-corrected chi connectivity index (χ3v) is 6.52. The van der Waals surface area contributed by atoms with Crippen molar-refractivity contribution in [2.45, 2.75) is 44.3 Å². The highest BCUT2D eigenvalue weighted by Gasteiger charge is 2.36. The van der Waals surface area contributed by atoms with Crippen molar-refractivity contribution in [1.82, 2.24) is 25.1 Å². The number of rotatable bonds is 6. The van der Waals surface area contributed by atoms with Crippen LogP contribution in [0.4, 0.5) is 19.0 Å². The summed E-state index contributed by atoms with van der Waals surface area (Å²) in [6.07, 6.45) is 4.72. The van der Waals surface area contributed by atoms with Gasteiger partial charge in [0.25, 0.3) is 11.8 Å². The zero-order valence-electron chi connectivity index (χ0n) is 20.8. The topological polar surface area (TPSA) is 102 Å². The monoisotopic (exact) mass is 534 g/mol. The maximum Gasteiger partial charge on any atom is 0.433 e. The highest BCUT2D eigenvalue weighted by molar-refractivity contribution is 6.05. The summed E-state index contributed by atoms with van der Waals surface area (Å²) in [4.78, 5) is 33.5. The van der Waals surface area contributed by atoms with Crippen molar-refractivity contribution in [3.63, 3.8) is 0 Å². The molecule has 1 fully saturated rings. The molecule has 0 bridgehead atoms. The second kappa shape index (κ2) is 11.1. The Labute approximate surface area is 222 Å². The summed E-state index contributed by atoms with van der Waals surface area (Å²) in [6, 6.07) is 13.4. The van der Waals surface area contributed by atoms with E-state index in [1.54, 1.807) is 30.3 Å². The van der Waals surface area contributed by atoms with Crippen molar-refractivity contribution in [2.75, 3.05) is 5.32 Å². The number of hydrogen-bond acceptors (Lipinski definition) is 5. The maximum atomic E-state index is 13.7. The van der Waals surface area contributed by atoms with Crippen LogP contribution < -0.4 is 10.6 Å². The van der Waals surface area contributed by atoms with E-state index < -0.39 is 17.8 Å². The fourth-order valence-corrected chi connectivity index (χ4v) is 4.53. The molecule has 2 amide bonds.